The molecule has 6 heteroatoms. The van der Waals surface area contributed by atoms with Crippen LogP contribution < -0.4 is 0 Å². The van der Waals surface area contributed by atoms with Gasteiger partial charge in [-0.15, -0.1) is 0 Å². The van der Waals surface area contributed by atoms with Crippen molar-refractivity contribution in [3.05, 3.63) is 88.4 Å². The first-order chi connectivity index (χ1) is 14.3. The van der Waals surface area contributed by atoms with E-state index in [1.54, 1.807) is 30.3 Å². The zero-order valence-corrected chi connectivity index (χ0v) is 17.3. The lowest BCUT2D eigenvalue weighted by Gasteiger charge is -2.10. The maximum absolute atomic E-state index is 13.0. The Hall–Kier alpha value is -3.41. The molecule has 0 fully saturated rings. The lowest BCUT2D eigenvalue weighted by molar-refractivity contribution is -0.136. The molecule has 0 aliphatic carbocycles. The number of hydrogen-bond acceptors (Lipinski definition) is 4. The number of aryl methyl sites for hydroxylation is 3. The highest BCUT2D eigenvalue weighted by Gasteiger charge is 2.17. The normalized spacial score (nSPS) is 11.2. The topological polar surface area (TPSA) is 61.4 Å². The third kappa shape index (κ3) is 5.35. The summed E-state index contributed by atoms with van der Waals surface area (Å²) >= 11 is 0. The van der Waals surface area contributed by atoms with Crippen LogP contribution in [0.25, 0.3) is 6.08 Å². The Bertz CT molecular complexity index is 1070. The van der Waals surface area contributed by atoms with Crippen LogP contribution >= 0.6 is 0 Å². The van der Waals surface area contributed by atoms with Crippen molar-refractivity contribution in [1.29, 1.82) is 0 Å². The van der Waals surface area contributed by atoms with Crippen molar-refractivity contribution in [2.45, 2.75) is 33.7 Å². The van der Waals surface area contributed by atoms with E-state index in [0.717, 1.165) is 29.1 Å². The van der Waals surface area contributed by atoms with Crippen LogP contribution in [0.4, 0.5) is 4.39 Å². The summed E-state index contributed by atoms with van der Waals surface area (Å²) in [7, 11) is 0. The molecule has 0 aliphatic heterocycles. The molecule has 2 aromatic heterocycles. The van der Waals surface area contributed by atoms with Crippen LogP contribution in [0, 0.1) is 26.6 Å². The highest BCUT2D eigenvalue weighted by atomic mass is 19.1. The van der Waals surface area contributed by atoms with Gasteiger partial charge in [0, 0.05) is 29.6 Å². The molecule has 0 amide bonds. The second kappa shape index (κ2) is 9.39. The van der Waals surface area contributed by atoms with Gasteiger partial charge in [0.25, 0.3) is 0 Å². The SMILES string of the molecule is Cc1ccc(C=CC(=O)OCC(=O)c2cc(C)n(CCc3ccc(F)cc3)c2C)o1. The molecule has 0 saturated carbocycles. The molecular formula is C24H24FNO4. The Morgan fingerprint density at radius 2 is 1.83 bits per heavy atom. The average Bonchev–Trinajstić information content (AvgIpc) is 3.26. The van der Waals surface area contributed by atoms with Gasteiger partial charge in [-0.2, -0.15) is 0 Å². The average molecular weight is 409 g/mol. The zero-order chi connectivity index (χ0) is 21.7. The Morgan fingerprint density at radius 3 is 2.50 bits per heavy atom. The number of ether oxygens (including phenoxy) is 1. The fraction of sp³-hybridized carbons (Fsp3) is 0.250. The number of Topliss-reactive ketones (excluding diaryl/α,β-unsaturated/α-hetero) is 1. The second-order valence-electron chi connectivity index (χ2n) is 7.13. The monoisotopic (exact) mass is 409 g/mol. The van der Waals surface area contributed by atoms with Gasteiger partial charge in [0.1, 0.15) is 17.3 Å². The summed E-state index contributed by atoms with van der Waals surface area (Å²) in [6.45, 7) is 5.94. The zero-order valence-electron chi connectivity index (χ0n) is 17.3. The first-order valence-electron chi connectivity index (χ1n) is 9.69. The van der Waals surface area contributed by atoms with Crippen molar-refractivity contribution in [3.63, 3.8) is 0 Å². The van der Waals surface area contributed by atoms with Crippen molar-refractivity contribution in [1.82, 2.24) is 4.57 Å². The van der Waals surface area contributed by atoms with Crippen molar-refractivity contribution in [2.24, 2.45) is 0 Å². The third-order valence-corrected chi connectivity index (χ3v) is 4.90. The lowest BCUT2D eigenvalue weighted by atomic mass is 10.1. The second-order valence-corrected chi connectivity index (χ2v) is 7.13. The Labute approximate surface area is 174 Å². The minimum atomic E-state index is -0.609. The molecule has 0 radical (unpaired) electrons. The van der Waals surface area contributed by atoms with Gasteiger partial charge >= 0.3 is 5.97 Å². The summed E-state index contributed by atoms with van der Waals surface area (Å²) in [6, 6.07) is 11.7. The third-order valence-electron chi connectivity index (χ3n) is 4.90. The van der Waals surface area contributed by atoms with Crippen LogP contribution in [0.15, 0.2) is 53.0 Å². The number of benzene rings is 1. The number of esters is 1. The summed E-state index contributed by atoms with van der Waals surface area (Å²) < 4.78 is 25.5. The summed E-state index contributed by atoms with van der Waals surface area (Å²) in [6.07, 6.45) is 3.45. The van der Waals surface area contributed by atoms with Gasteiger partial charge in [-0.05, 0) is 69.2 Å². The Balaban J connectivity index is 1.58. The van der Waals surface area contributed by atoms with Gasteiger partial charge in [-0.3, -0.25) is 4.79 Å². The molecule has 0 bridgehead atoms. The van der Waals surface area contributed by atoms with Crippen LogP contribution in [0.3, 0.4) is 0 Å². The van der Waals surface area contributed by atoms with E-state index in [1.165, 1.54) is 24.3 Å². The van der Waals surface area contributed by atoms with Gasteiger partial charge in [0.15, 0.2) is 6.61 Å². The molecule has 30 heavy (non-hydrogen) atoms. The van der Waals surface area contributed by atoms with E-state index < -0.39 is 5.97 Å². The van der Waals surface area contributed by atoms with Gasteiger partial charge in [0.2, 0.25) is 5.78 Å². The molecular weight excluding hydrogens is 385 g/mol. The lowest BCUT2D eigenvalue weighted by Crippen LogP contribution is -2.14. The predicted molar refractivity (Wildman–Crippen MR) is 112 cm³/mol. The van der Waals surface area contributed by atoms with E-state index in [0.29, 0.717) is 17.9 Å². The Kier molecular flexibility index (Phi) is 6.67. The maximum Gasteiger partial charge on any atom is 0.331 e. The highest BCUT2D eigenvalue weighted by Crippen LogP contribution is 2.17. The molecule has 0 spiro atoms. The van der Waals surface area contributed by atoms with E-state index in [2.05, 4.69) is 0 Å². The number of furan rings is 1. The summed E-state index contributed by atoms with van der Waals surface area (Å²) in [4.78, 5) is 24.4. The number of hydrogen-bond donors (Lipinski definition) is 0. The molecule has 156 valence electrons. The Morgan fingerprint density at radius 1 is 1.10 bits per heavy atom. The largest absolute Gasteiger partial charge is 0.462 e. The summed E-state index contributed by atoms with van der Waals surface area (Å²) in [5.41, 5.74) is 3.31. The standard InChI is InChI=1S/C24H24FNO4/c1-16-14-22(18(3)26(16)13-12-19-5-7-20(25)8-6-19)23(27)15-29-24(28)11-10-21-9-4-17(2)30-21/h4-11,14H,12-13,15H2,1-3H3. The number of carbonyl (C=O) groups is 2. The number of ketones is 1. The first-order valence-corrected chi connectivity index (χ1v) is 9.69. The maximum atomic E-state index is 13.0. The van der Waals surface area contributed by atoms with E-state index in [1.807, 2.05) is 25.3 Å². The molecule has 0 atom stereocenters. The van der Waals surface area contributed by atoms with Crippen LogP contribution in [-0.2, 0) is 22.5 Å². The van der Waals surface area contributed by atoms with Gasteiger partial charge in [-0.25, -0.2) is 9.18 Å². The minimum Gasteiger partial charge on any atom is -0.462 e. The summed E-state index contributed by atoms with van der Waals surface area (Å²) in [5, 5.41) is 0. The van der Waals surface area contributed by atoms with Crippen LogP contribution in [-0.4, -0.2) is 22.9 Å². The van der Waals surface area contributed by atoms with Crippen LogP contribution in [0.1, 0.15) is 38.8 Å². The van der Waals surface area contributed by atoms with Crippen molar-refractivity contribution in [3.8, 4) is 0 Å². The van der Waals surface area contributed by atoms with E-state index in [9.17, 15) is 14.0 Å². The van der Waals surface area contributed by atoms with E-state index >= 15 is 0 Å². The van der Waals surface area contributed by atoms with Crippen molar-refractivity contribution < 1.29 is 23.1 Å². The number of rotatable bonds is 8. The van der Waals surface area contributed by atoms with Crippen molar-refractivity contribution >= 4 is 17.8 Å². The number of carbonyl (C=O) groups excluding carboxylic acids is 2. The number of halogens is 1. The molecule has 0 saturated heterocycles. The van der Waals surface area contributed by atoms with Gasteiger partial charge in [-0.1, -0.05) is 12.1 Å². The van der Waals surface area contributed by atoms with Gasteiger partial charge in [0.05, 0.1) is 0 Å². The van der Waals surface area contributed by atoms with Crippen LogP contribution in [0.2, 0.25) is 0 Å². The fourth-order valence-corrected chi connectivity index (χ4v) is 3.28. The fourth-order valence-electron chi connectivity index (χ4n) is 3.28. The van der Waals surface area contributed by atoms with Crippen LogP contribution in [0.5, 0.6) is 0 Å². The summed E-state index contributed by atoms with van der Waals surface area (Å²) in [5.74, 6) is 0.159. The van der Waals surface area contributed by atoms with E-state index in [4.69, 9.17) is 9.15 Å². The van der Waals surface area contributed by atoms with Crippen molar-refractivity contribution in [2.75, 3.05) is 6.61 Å². The number of nitrogens with zero attached hydrogens (tertiary/aromatic N) is 1. The molecule has 2 heterocycles. The molecule has 0 N–H and O–H groups in total. The predicted octanol–water partition coefficient (Wildman–Crippen LogP) is 4.83. The highest BCUT2D eigenvalue weighted by molar-refractivity contribution is 6.00. The van der Waals surface area contributed by atoms with E-state index in [-0.39, 0.29) is 18.2 Å². The first kappa shape index (κ1) is 21.3. The quantitative estimate of drug-likeness (QED) is 0.304. The smallest absolute Gasteiger partial charge is 0.331 e. The molecule has 0 unspecified atom stereocenters. The molecule has 3 aromatic rings. The van der Waals surface area contributed by atoms with Gasteiger partial charge < -0.3 is 13.7 Å². The number of aromatic nitrogens is 1. The molecule has 5 nitrogen and oxygen atoms in total. The molecule has 1 aromatic carbocycles. The molecule has 0 aliphatic rings. The molecule has 3 rings (SSSR count). The minimum absolute atomic E-state index is 0.258.